The van der Waals surface area contributed by atoms with Gasteiger partial charge in [-0.3, -0.25) is 13.9 Å². The topological polar surface area (TPSA) is 63.6 Å². The molecule has 0 aliphatic carbocycles. The molecular weight excluding hydrogens is 188 g/mol. The van der Waals surface area contributed by atoms with Crippen molar-refractivity contribution in [1.82, 2.24) is 19.4 Å². The van der Waals surface area contributed by atoms with Gasteiger partial charge in [-0.05, 0) is 12.1 Å². The van der Waals surface area contributed by atoms with Crippen molar-refractivity contribution in [2.75, 3.05) is 0 Å². The lowest BCUT2D eigenvalue weighted by molar-refractivity contribution is 0.941. The largest absolute Gasteiger partial charge is 0.269 e. The maximum absolute atomic E-state index is 11.5. The molecule has 1 N–H and O–H groups in total. The van der Waals surface area contributed by atoms with E-state index in [2.05, 4.69) is 28.2 Å². The fourth-order valence-electron chi connectivity index (χ4n) is 1.01. The van der Waals surface area contributed by atoms with Crippen LogP contribution in [0.4, 0.5) is 0 Å². The highest BCUT2D eigenvalue weighted by molar-refractivity contribution is 7.78. The van der Waals surface area contributed by atoms with E-state index in [0.717, 1.165) is 0 Å². The van der Waals surface area contributed by atoms with Crippen molar-refractivity contribution in [3.05, 3.63) is 34.9 Å². The van der Waals surface area contributed by atoms with Gasteiger partial charge in [-0.1, -0.05) is 18.0 Å². The minimum absolute atomic E-state index is 0.209. The van der Waals surface area contributed by atoms with E-state index in [1.54, 1.807) is 24.5 Å². The Morgan fingerprint density at radius 1 is 1.54 bits per heavy atom. The van der Waals surface area contributed by atoms with Gasteiger partial charge in [-0.2, -0.15) is 0 Å². The van der Waals surface area contributed by atoms with Crippen LogP contribution in [-0.2, 0) is 0 Å². The molecule has 0 aliphatic heterocycles. The van der Waals surface area contributed by atoms with Gasteiger partial charge in [0.25, 0.3) is 5.56 Å². The van der Waals surface area contributed by atoms with Gasteiger partial charge < -0.3 is 0 Å². The highest BCUT2D eigenvalue weighted by atomic mass is 32.1. The Morgan fingerprint density at radius 3 is 3.08 bits per heavy atom. The van der Waals surface area contributed by atoms with Gasteiger partial charge in [0.15, 0.2) is 0 Å². The lowest BCUT2D eigenvalue weighted by Gasteiger charge is -1.96. The number of nitrogens with one attached hydrogen (secondary N) is 1. The maximum atomic E-state index is 11.5. The zero-order valence-corrected chi connectivity index (χ0v) is 7.40. The summed E-state index contributed by atoms with van der Waals surface area (Å²) in [6.45, 7) is 0. The van der Waals surface area contributed by atoms with E-state index in [1.165, 1.54) is 3.97 Å². The number of pyridine rings is 1. The molecular formula is C7H6N4OS. The van der Waals surface area contributed by atoms with Gasteiger partial charge in [0.1, 0.15) is 5.69 Å². The second-order valence-corrected chi connectivity index (χ2v) is 2.86. The third kappa shape index (κ3) is 1.35. The molecule has 0 amide bonds. The minimum atomic E-state index is -0.209. The lowest BCUT2D eigenvalue weighted by atomic mass is 10.2. The van der Waals surface area contributed by atoms with Crippen molar-refractivity contribution in [2.45, 2.75) is 0 Å². The molecule has 0 bridgehead atoms. The average Bonchev–Trinajstić information content (AvgIpc) is 2.62. The zero-order chi connectivity index (χ0) is 9.26. The zero-order valence-electron chi connectivity index (χ0n) is 6.51. The molecule has 0 spiro atoms. The van der Waals surface area contributed by atoms with Crippen molar-refractivity contribution >= 4 is 12.8 Å². The van der Waals surface area contributed by atoms with E-state index in [1.807, 2.05) is 0 Å². The van der Waals surface area contributed by atoms with Gasteiger partial charge in [0.05, 0.1) is 11.8 Å². The van der Waals surface area contributed by atoms with E-state index in [9.17, 15) is 4.79 Å². The highest BCUT2D eigenvalue weighted by Crippen LogP contribution is 2.08. The number of aromatic nitrogens is 4. The fourth-order valence-corrected chi connectivity index (χ4v) is 1.20. The van der Waals surface area contributed by atoms with Gasteiger partial charge in [0.2, 0.25) is 0 Å². The second-order valence-electron chi connectivity index (χ2n) is 2.43. The number of aromatic amines is 1. The summed E-state index contributed by atoms with van der Waals surface area (Å²) >= 11 is 3.94. The Kier molecular flexibility index (Phi) is 1.90. The summed E-state index contributed by atoms with van der Waals surface area (Å²) in [6, 6.07) is 3.39. The smallest absolute Gasteiger partial charge is 0.268 e. The number of rotatable bonds is 1. The van der Waals surface area contributed by atoms with Crippen molar-refractivity contribution in [3.8, 4) is 11.3 Å². The summed E-state index contributed by atoms with van der Waals surface area (Å²) in [5, 5.41) is 9.80. The van der Waals surface area contributed by atoms with Crippen LogP contribution >= 0.6 is 12.8 Å². The first kappa shape index (κ1) is 8.06. The van der Waals surface area contributed by atoms with Crippen LogP contribution in [0.2, 0.25) is 0 Å². The molecule has 66 valence electrons. The number of hydrogen-bond donors (Lipinski definition) is 2. The van der Waals surface area contributed by atoms with E-state index >= 15 is 0 Å². The summed E-state index contributed by atoms with van der Waals surface area (Å²) in [6.07, 6.45) is 3.12. The average molecular weight is 194 g/mol. The molecule has 2 rings (SSSR count). The Morgan fingerprint density at radius 2 is 2.38 bits per heavy atom. The van der Waals surface area contributed by atoms with Crippen LogP contribution in [-0.4, -0.2) is 19.4 Å². The molecule has 2 heterocycles. The number of nitrogens with zero attached hydrogens (tertiary/aromatic N) is 3. The molecule has 0 unspecified atom stereocenters. The van der Waals surface area contributed by atoms with Crippen LogP contribution < -0.4 is 5.56 Å². The molecule has 0 aliphatic rings. The molecule has 0 radical (unpaired) electrons. The lowest BCUT2D eigenvalue weighted by Crippen LogP contribution is -2.13. The fraction of sp³-hybridized carbons (Fsp3) is 0. The summed E-state index contributed by atoms with van der Waals surface area (Å²) in [4.78, 5) is 11.5. The molecule has 0 saturated heterocycles. The summed E-state index contributed by atoms with van der Waals surface area (Å²) < 4.78 is 1.20. The van der Waals surface area contributed by atoms with Crippen molar-refractivity contribution in [1.29, 1.82) is 0 Å². The van der Waals surface area contributed by atoms with Gasteiger partial charge in [-0.25, -0.2) is 0 Å². The Bertz CT molecular complexity index is 462. The standard InChI is InChI=1S/C7H6N4OS/c12-7-5(2-1-3-11(7)13)6-4-8-10-9-6/h1-4,13H,(H,8,9,10). The third-order valence-corrected chi connectivity index (χ3v) is 1.94. The Labute approximate surface area is 79.0 Å². The van der Waals surface area contributed by atoms with E-state index < -0.39 is 0 Å². The van der Waals surface area contributed by atoms with E-state index in [0.29, 0.717) is 11.3 Å². The molecule has 13 heavy (non-hydrogen) atoms. The first-order valence-corrected chi connectivity index (χ1v) is 3.97. The number of H-pyrrole nitrogens is 1. The van der Waals surface area contributed by atoms with E-state index in [-0.39, 0.29) is 5.56 Å². The molecule has 0 aromatic carbocycles. The quantitative estimate of drug-likeness (QED) is 0.643. The normalized spacial score (nSPS) is 10.2. The first-order chi connectivity index (χ1) is 6.29. The molecule has 0 fully saturated rings. The molecule has 6 heteroatoms. The molecule has 0 saturated carbocycles. The summed E-state index contributed by atoms with van der Waals surface area (Å²) in [7, 11) is 0. The van der Waals surface area contributed by atoms with E-state index in [4.69, 9.17) is 0 Å². The van der Waals surface area contributed by atoms with Crippen LogP contribution in [0.25, 0.3) is 11.3 Å². The SMILES string of the molecule is O=c1c(-c2c[nH]nn2)cccn1S. The number of hydrogen-bond acceptors (Lipinski definition) is 4. The summed E-state index contributed by atoms with van der Waals surface area (Å²) in [5.41, 5.74) is 0.791. The monoisotopic (exact) mass is 194 g/mol. The van der Waals surface area contributed by atoms with Crippen molar-refractivity contribution in [2.24, 2.45) is 0 Å². The van der Waals surface area contributed by atoms with Crippen LogP contribution in [0.15, 0.2) is 29.3 Å². The second kappa shape index (κ2) is 3.06. The Hall–Kier alpha value is -1.56. The predicted molar refractivity (Wildman–Crippen MR) is 50.5 cm³/mol. The minimum Gasteiger partial charge on any atom is -0.268 e. The van der Waals surface area contributed by atoms with Crippen LogP contribution in [0.5, 0.6) is 0 Å². The summed E-state index contributed by atoms with van der Waals surface area (Å²) in [5.74, 6) is 0. The van der Waals surface area contributed by atoms with Crippen LogP contribution in [0.3, 0.4) is 0 Å². The van der Waals surface area contributed by atoms with Gasteiger partial charge >= 0.3 is 0 Å². The molecule has 5 nitrogen and oxygen atoms in total. The number of thiol groups is 1. The Balaban J connectivity index is 2.66. The first-order valence-electron chi connectivity index (χ1n) is 3.57. The van der Waals surface area contributed by atoms with Gasteiger partial charge in [-0.15, -0.1) is 5.10 Å². The molecule has 0 atom stereocenters. The van der Waals surface area contributed by atoms with Crippen LogP contribution in [0.1, 0.15) is 0 Å². The highest BCUT2D eigenvalue weighted by Gasteiger charge is 2.05. The molecule has 2 aromatic heterocycles. The molecule has 2 aromatic rings. The van der Waals surface area contributed by atoms with Crippen LogP contribution in [0, 0.1) is 0 Å². The predicted octanol–water partition coefficient (Wildman–Crippen LogP) is 0.326. The van der Waals surface area contributed by atoms with Crippen molar-refractivity contribution in [3.63, 3.8) is 0 Å². The third-order valence-electron chi connectivity index (χ3n) is 1.62. The maximum Gasteiger partial charge on any atom is 0.269 e. The van der Waals surface area contributed by atoms with Gasteiger partial charge in [0, 0.05) is 6.20 Å². The van der Waals surface area contributed by atoms with Crippen molar-refractivity contribution < 1.29 is 0 Å².